The van der Waals surface area contributed by atoms with Crippen LogP contribution in [-0.2, 0) is 4.79 Å². The van der Waals surface area contributed by atoms with E-state index in [0.29, 0.717) is 30.0 Å². The van der Waals surface area contributed by atoms with Crippen LogP contribution >= 0.6 is 11.3 Å². The topological polar surface area (TPSA) is 139 Å². The Kier molecular flexibility index (Phi) is 5.04. The zero-order valence-corrected chi connectivity index (χ0v) is 19.2. The molecule has 3 aromatic heterocycles. The van der Waals surface area contributed by atoms with Crippen LogP contribution < -0.4 is 16.4 Å². The summed E-state index contributed by atoms with van der Waals surface area (Å²) in [6.07, 6.45) is 5.81. The maximum absolute atomic E-state index is 12.1. The number of rotatable bonds is 7. The Morgan fingerprint density at radius 2 is 2.03 bits per heavy atom. The minimum atomic E-state index is -1.16. The van der Waals surface area contributed by atoms with Crippen LogP contribution in [0.2, 0.25) is 0 Å². The molecule has 33 heavy (non-hydrogen) atoms. The lowest BCUT2D eigenvalue weighted by Gasteiger charge is -2.19. The highest BCUT2D eigenvalue weighted by Crippen LogP contribution is 2.44. The maximum atomic E-state index is 12.1. The van der Waals surface area contributed by atoms with E-state index < -0.39 is 18.2 Å². The third kappa shape index (κ3) is 3.96. The Balaban J connectivity index is 1.41. The van der Waals surface area contributed by atoms with Crippen molar-refractivity contribution in [3.8, 4) is 10.6 Å². The summed E-state index contributed by atoms with van der Waals surface area (Å²) in [4.78, 5) is 31.1. The van der Waals surface area contributed by atoms with Gasteiger partial charge in [0.1, 0.15) is 22.4 Å². The minimum Gasteiger partial charge on any atom is -0.383 e. The van der Waals surface area contributed by atoms with Crippen molar-refractivity contribution in [2.45, 2.75) is 63.1 Å². The Hall–Kier alpha value is -2.69. The van der Waals surface area contributed by atoms with Gasteiger partial charge in [-0.3, -0.25) is 9.78 Å². The number of aromatic nitrogens is 4. The zero-order chi connectivity index (χ0) is 22.7. The number of nitrogens with zero attached hydrogens (tertiary/aromatic N) is 4. The number of anilines is 2. The lowest BCUT2D eigenvalue weighted by molar-refractivity contribution is -0.125. The van der Waals surface area contributed by atoms with Crippen molar-refractivity contribution in [3.63, 3.8) is 0 Å². The molecule has 3 aliphatic rings. The summed E-state index contributed by atoms with van der Waals surface area (Å²) in [7, 11) is 0. The minimum absolute atomic E-state index is 0.341. The molecular weight excluding hydrogens is 438 g/mol. The number of hydrogen-bond donors (Lipinski definition) is 4. The number of carbonyl (C=O) groups excluding carboxylic acids is 1. The number of fused-ring (bicyclic) bond motifs is 1. The van der Waals surface area contributed by atoms with E-state index in [9.17, 15) is 9.90 Å². The zero-order valence-electron chi connectivity index (χ0n) is 18.4. The predicted octanol–water partition coefficient (Wildman–Crippen LogP) is 2.60. The number of nitrogens with one attached hydrogen (secondary N) is 2. The molecule has 3 aromatic rings. The molecule has 3 saturated carbocycles. The Bertz CT molecular complexity index is 1240. The lowest BCUT2D eigenvalue weighted by atomic mass is 10.1. The summed E-state index contributed by atoms with van der Waals surface area (Å²) in [5.74, 6) is 1.93. The van der Waals surface area contributed by atoms with Gasteiger partial charge < -0.3 is 21.5 Å². The largest absolute Gasteiger partial charge is 0.383 e. The second-order valence-electron chi connectivity index (χ2n) is 9.46. The monoisotopic (exact) mass is 465 g/mol. The smallest absolute Gasteiger partial charge is 0.224 e. The number of thiazole rings is 1. The van der Waals surface area contributed by atoms with Crippen molar-refractivity contribution >= 4 is 39.1 Å². The molecule has 6 rings (SSSR count). The number of pyridine rings is 1. The van der Waals surface area contributed by atoms with Crippen LogP contribution in [0.25, 0.3) is 20.8 Å². The summed E-state index contributed by atoms with van der Waals surface area (Å²) in [6.45, 7) is 2.78. The fourth-order valence-electron chi connectivity index (χ4n) is 4.46. The molecule has 5 N–H and O–H groups in total. The van der Waals surface area contributed by atoms with E-state index in [4.69, 9.17) is 20.7 Å². The molecule has 3 fully saturated rings. The highest BCUT2D eigenvalue weighted by molar-refractivity contribution is 7.21. The first-order chi connectivity index (χ1) is 16.0. The van der Waals surface area contributed by atoms with E-state index in [1.807, 2.05) is 19.2 Å². The van der Waals surface area contributed by atoms with Crippen molar-refractivity contribution in [3.05, 3.63) is 23.7 Å². The van der Waals surface area contributed by atoms with E-state index in [-0.39, 0.29) is 5.78 Å². The quantitative estimate of drug-likeness (QED) is 0.414. The van der Waals surface area contributed by atoms with Crippen LogP contribution in [0.4, 0.5) is 11.8 Å². The van der Waals surface area contributed by atoms with Crippen LogP contribution in [0.3, 0.4) is 0 Å². The van der Waals surface area contributed by atoms with Gasteiger partial charge >= 0.3 is 0 Å². The number of aryl methyl sites for hydroxylation is 1. The molecule has 0 saturated heterocycles. The van der Waals surface area contributed by atoms with Crippen LogP contribution in [0.15, 0.2) is 12.3 Å². The molecule has 0 bridgehead atoms. The third-order valence-corrected chi connectivity index (χ3v) is 7.76. The van der Waals surface area contributed by atoms with Crippen molar-refractivity contribution in [1.82, 2.24) is 19.9 Å². The molecule has 3 aliphatic carbocycles. The molecule has 3 atom stereocenters. The van der Waals surface area contributed by atoms with E-state index in [1.165, 1.54) is 12.8 Å². The van der Waals surface area contributed by atoms with Gasteiger partial charge in [-0.1, -0.05) is 0 Å². The van der Waals surface area contributed by atoms with Gasteiger partial charge in [0.15, 0.2) is 5.78 Å². The average molecular weight is 466 g/mol. The van der Waals surface area contributed by atoms with Gasteiger partial charge in [-0.25, -0.2) is 9.97 Å². The van der Waals surface area contributed by atoms with Crippen molar-refractivity contribution in [2.75, 3.05) is 17.2 Å². The van der Waals surface area contributed by atoms with Gasteiger partial charge in [0.25, 0.3) is 0 Å². The second kappa shape index (κ2) is 7.96. The Morgan fingerprint density at radius 1 is 1.21 bits per heavy atom. The summed E-state index contributed by atoms with van der Waals surface area (Å²) in [6, 6.07) is 0.816. The van der Waals surface area contributed by atoms with E-state index in [1.54, 1.807) is 11.3 Å². The molecule has 0 spiro atoms. The lowest BCUT2D eigenvalue weighted by Crippen LogP contribution is -2.34. The summed E-state index contributed by atoms with van der Waals surface area (Å²) >= 11 is 1.59. The molecule has 0 unspecified atom stereocenters. The van der Waals surface area contributed by atoms with Crippen molar-refractivity contribution in [1.29, 1.82) is 0 Å². The van der Waals surface area contributed by atoms with E-state index in [0.717, 1.165) is 51.6 Å². The van der Waals surface area contributed by atoms with Gasteiger partial charge in [-0.15, -0.1) is 11.3 Å². The Morgan fingerprint density at radius 3 is 2.73 bits per heavy atom. The third-order valence-electron chi connectivity index (χ3n) is 6.72. The number of aliphatic hydroxyl groups is 1. The molecule has 0 radical (unpaired) electrons. The molecule has 10 heteroatoms. The van der Waals surface area contributed by atoms with Crippen LogP contribution in [-0.4, -0.2) is 55.6 Å². The van der Waals surface area contributed by atoms with Crippen LogP contribution in [0.5, 0.6) is 0 Å². The number of hydrogen-bond acceptors (Lipinski definition) is 10. The molecular formula is C23H27N7O2S. The van der Waals surface area contributed by atoms with Gasteiger partial charge in [0.2, 0.25) is 5.95 Å². The molecule has 9 nitrogen and oxygen atoms in total. The Labute approximate surface area is 195 Å². The first-order valence-electron chi connectivity index (χ1n) is 11.6. The fraction of sp³-hybridized carbons (Fsp3) is 0.522. The predicted molar refractivity (Wildman–Crippen MR) is 127 cm³/mol. The number of ketones is 1. The molecule has 0 aliphatic heterocycles. The van der Waals surface area contributed by atoms with E-state index in [2.05, 4.69) is 15.6 Å². The molecule has 172 valence electrons. The molecule has 0 amide bonds. The average Bonchev–Trinajstić information content (AvgIpc) is 3.72. The van der Waals surface area contributed by atoms with Gasteiger partial charge in [0.05, 0.1) is 33.7 Å². The second-order valence-corrected chi connectivity index (χ2v) is 10.5. The highest BCUT2D eigenvalue weighted by Gasteiger charge is 2.40. The molecule has 3 heterocycles. The summed E-state index contributed by atoms with van der Waals surface area (Å²) in [5, 5.41) is 17.9. The van der Waals surface area contributed by atoms with E-state index >= 15 is 0 Å². The number of carbonyl (C=O) groups is 1. The van der Waals surface area contributed by atoms with Gasteiger partial charge in [-0.05, 0) is 51.0 Å². The van der Waals surface area contributed by atoms with Crippen LogP contribution in [0, 0.1) is 12.8 Å². The number of aliphatic hydroxyl groups excluding tert-OH is 1. The van der Waals surface area contributed by atoms with Crippen molar-refractivity contribution in [2.24, 2.45) is 11.7 Å². The summed E-state index contributed by atoms with van der Waals surface area (Å²) in [5.41, 5.74) is 9.48. The first-order valence-corrected chi connectivity index (χ1v) is 12.4. The number of nitrogens with two attached hydrogens (primary N) is 1. The highest BCUT2D eigenvalue weighted by atomic mass is 32.1. The maximum Gasteiger partial charge on any atom is 0.224 e. The molecule has 0 aromatic carbocycles. The van der Waals surface area contributed by atoms with Crippen molar-refractivity contribution < 1.29 is 9.90 Å². The first kappa shape index (κ1) is 20.9. The van der Waals surface area contributed by atoms with Crippen LogP contribution in [0.1, 0.15) is 49.4 Å². The van der Waals surface area contributed by atoms with Gasteiger partial charge in [-0.2, -0.15) is 4.98 Å². The normalized spacial score (nSPS) is 25.1. The number of Topliss-reactive ketones (excluding diaryl/α,β-unsaturated/α-hetero) is 1. The standard InChI is InChI=1S/C23H27N7O2S/c1-10-16(22-29-18-15(33-22)6-7-25-17(18)12-4-5-12)21(28-14-8-13(24)19(31)20(14)32)30-23(27-10)26-9-11-2-3-11/h6-7,11-14,20,32H,2-5,8-9,24H2,1H3,(H2,26,27,28,30)/t13-,14+,20-/m0/s1. The fourth-order valence-corrected chi connectivity index (χ4v) is 5.52. The SMILES string of the molecule is Cc1nc(NCC2CC2)nc(N[C@@H]2C[C@H](N)C(=O)[C@H]2O)c1-c1nc2c(C3CC3)nccc2s1. The summed E-state index contributed by atoms with van der Waals surface area (Å²) < 4.78 is 1.08. The van der Waals surface area contributed by atoms with Gasteiger partial charge in [0, 0.05) is 18.7 Å².